The Bertz CT molecular complexity index is 1000. The Labute approximate surface area is 158 Å². The first-order valence-electron chi connectivity index (χ1n) is 8.39. The third-order valence-corrected chi connectivity index (χ3v) is 5.72. The first-order valence-corrected chi connectivity index (χ1v) is 9.14. The van der Waals surface area contributed by atoms with Crippen molar-refractivity contribution in [1.82, 2.24) is 20.2 Å². The Balaban J connectivity index is 1.49. The van der Waals surface area contributed by atoms with Gasteiger partial charge in [-0.2, -0.15) is 5.10 Å². The van der Waals surface area contributed by atoms with Crippen LogP contribution in [0.4, 0.5) is 16.0 Å². The van der Waals surface area contributed by atoms with Gasteiger partial charge in [-0.1, -0.05) is 23.2 Å². The highest BCUT2D eigenvalue weighted by atomic mass is 35.5. The number of rotatable bonds is 2. The van der Waals surface area contributed by atoms with E-state index in [1.54, 1.807) is 12.4 Å². The number of hydrogen-bond donors (Lipinski definition) is 1. The summed E-state index contributed by atoms with van der Waals surface area (Å²) in [7, 11) is 0. The van der Waals surface area contributed by atoms with Crippen LogP contribution in [-0.2, 0) is 0 Å². The quantitative estimate of drug-likeness (QED) is 0.720. The summed E-state index contributed by atoms with van der Waals surface area (Å²) in [4.78, 5) is 12.6. The molecule has 4 heterocycles. The molecule has 26 heavy (non-hydrogen) atoms. The van der Waals surface area contributed by atoms with Crippen LogP contribution in [0.15, 0.2) is 24.7 Å². The van der Waals surface area contributed by atoms with Gasteiger partial charge in [0.15, 0.2) is 17.5 Å². The van der Waals surface area contributed by atoms with Crippen molar-refractivity contribution in [2.24, 2.45) is 0 Å². The number of nitrogens with zero attached hydrogens (tertiary/aromatic N) is 5. The fourth-order valence-electron chi connectivity index (χ4n) is 3.81. The van der Waals surface area contributed by atoms with Gasteiger partial charge in [-0.15, -0.1) is 0 Å². The van der Waals surface area contributed by atoms with Gasteiger partial charge in [-0.3, -0.25) is 10.1 Å². The predicted octanol–water partition coefficient (Wildman–Crippen LogP) is 3.66. The number of nitrogens with one attached hydrogen (secondary N) is 1. The molecule has 2 fully saturated rings. The van der Waals surface area contributed by atoms with E-state index in [0.29, 0.717) is 35.5 Å². The number of H-pyrrole nitrogens is 1. The molecule has 6 nitrogen and oxygen atoms in total. The van der Waals surface area contributed by atoms with E-state index in [9.17, 15) is 4.39 Å². The van der Waals surface area contributed by atoms with Crippen LogP contribution in [0.5, 0.6) is 0 Å². The van der Waals surface area contributed by atoms with Crippen molar-refractivity contribution in [3.63, 3.8) is 0 Å². The van der Waals surface area contributed by atoms with Crippen molar-refractivity contribution < 1.29 is 4.39 Å². The molecule has 0 aromatic carbocycles. The summed E-state index contributed by atoms with van der Waals surface area (Å²) >= 11 is 12.2. The number of aromatic amines is 1. The molecule has 0 radical (unpaired) electrons. The molecule has 0 amide bonds. The fourth-order valence-corrected chi connectivity index (χ4v) is 4.20. The Kier molecular flexibility index (Phi) is 3.52. The highest BCUT2D eigenvalue weighted by molar-refractivity contribution is 6.36. The van der Waals surface area contributed by atoms with Crippen LogP contribution in [0.3, 0.4) is 0 Å². The van der Waals surface area contributed by atoms with Crippen molar-refractivity contribution in [2.75, 3.05) is 29.4 Å². The average Bonchev–Trinajstić information content (AvgIpc) is 3.23. The second kappa shape index (κ2) is 5.69. The maximum absolute atomic E-state index is 14.3. The zero-order chi connectivity index (χ0) is 17.9. The third kappa shape index (κ3) is 2.41. The van der Waals surface area contributed by atoms with E-state index >= 15 is 0 Å². The van der Waals surface area contributed by atoms with Gasteiger partial charge in [-0.25, -0.2) is 9.37 Å². The minimum Gasteiger partial charge on any atom is -0.350 e. The van der Waals surface area contributed by atoms with Gasteiger partial charge in [0.25, 0.3) is 0 Å². The molecule has 1 aliphatic heterocycles. The number of anilines is 2. The summed E-state index contributed by atoms with van der Waals surface area (Å²) in [6.45, 7) is 2.04. The molecule has 1 spiro atoms. The van der Waals surface area contributed by atoms with Gasteiger partial charge in [-0.05, 0) is 18.9 Å². The molecule has 1 saturated carbocycles. The number of pyridine rings is 2. The van der Waals surface area contributed by atoms with E-state index in [0.717, 1.165) is 29.6 Å². The van der Waals surface area contributed by atoms with Gasteiger partial charge < -0.3 is 9.80 Å². The molecule has 1 aliphatic carbocycles. The molecule has 0 unspecified atom stereocenters. The average molecular weight is 393 g/mol. The van der Waals surface area contributed by atoms with Gasteiger partial charge in [0.05, 0.1) is 32.7 Å². The molecule has 5 rings (SSSR count). The van der Waals surface area contributed by atoms with Crippen LogP contribution in [0.1, 0.15) is 12.8 Å². The Morgan fingerprint density at radius 3 is 2.73 bits per heavy atom. The van der Waals surface area contributed by atoms with Crippen molar-refractivity contribution in [1.29, 1.82) is 0 Å². The van der Waals surface area contributed by atoms with Crippen molar-refractivity contribution in [3.05, 3.63) is 40.5 Å². The van der Waals surface area contributed by atoms with Crippen molar-refractivity contribution >= 4 is 45.7 Å². The Hall–Kier alpha value is -2.12. The van der Waals surface area contributed by atoms with Crippen LogP contribution in [0, 0.1) is 5.82 Å². The maximum atomic E-state index is 14.3. The second-order valence-electron chi connectivity index (χ2n) is 6.85. The van der Waals surface area contributed by atoms with Crippen molar-refractivity contribution in [2.45, 2.75) is 18.4 Å². The molecule has 0 bridgehead atoms. The first kappa shape index (κ1) is 16.1. The second-order valence-corrected chi connectivity index (χ2v) is 7.69. The van der Waals surface area contributed by atoms with E-state index in [1.807, 2.05) is 4.90 Å². The van der Waals surface area contributed by atoms with E-state index in [4.69, 9.17) is 23.2 Å². The van der Waals surface area contributed by atoms with Crippen LogP contribution >= 0.6 is 23.2 Å². The molecule has 1 N–H and O–H groups in total. The summed E-state index contributed by atoms with van der Waals surface area (Å²) in [6, 6.07) is 1.31. The number of piperazine rings is 1. The Morgan fingerprint density at radius 1 is 1.12 bits per heavy atom. The molecule has 134 valence electrons. The summed E-state index contributed by atoms with van der Waals surface area (Å²) in [6.07, 6.45) is 6.89. The minimum absolute atomic E-state index is 0.0687. The molecule has 9 heteroatoms. The lowest BCUT2D eigenvalue weighted by Crippen LogP contribution is -2.56. The van der Waals surface area contributed by atoms with E-state index in [1.165, 1.54) is 12.3 Å². The largest absolute Gasteiger partial charge is 0.350 e. The van der Waals surface area contributed by atoms with Gasteiger partial charge in [0.2, 0.25) is 0 Å². The topological polar surface area (TPSA) is 60.9 Å². The number of halogens is 3. The highest BCUT2D eigenvalue weighted by Crippen LogP contribution is 2.48. The van der Waals surface area contributed by atoms with Gasteiger partial charge >= 0.3 is 0 Å². The van der Waals surface area contributed by atoms with E-state index in [-0.39, 0.29) is 11.4 Å². The fraction of sp³-hybridized carbons (Fsp3) is 0.353. The smallest absolute Gasteiger partial charge is 0.167 e. The molecule has 3 aromatic heterocycles. The molecule has 2 aliphatic rings. The van der Waals surface area contributed by atoms with Crippen LogP contribution in [0.25, 0.3) is 10.9 Å². The zero-order valence-corrected chi connectivity index (χ0v) is 15.2. The lowest BCUT2D eigenvalue weighted by molar-refractivity contribution is 0.494. The molecular formula is C17H15Cl2FN6. The van der Waals surface area contributed by atoms with E-state index in [2.05, 4.69) is 25.1 Å². The normalized spacial score (nSPS) is 18.7. The van der Waals surface area contributed by atoms with Crippen LogP contribution < -0.4 is 9.80 Å². The zero-order valence-electron chi connectivity index (χ0n) is 13.7. The van der Waals surface area contributed by atoms with Crippen LogP contribution in [-0.4, -0.2) is 45.3 Å². The maximum Gasteiger partial charge on any atom is 0.167 e. The highest BCUT2D eigenvalue weighted by Gasteiger charge is 2.53. The number of fused-ring (bicyclic) bond motifs is 1. The number of aromatic nitrogens is 4. The third-order valence-electron chi connectivity index (χ3n) is 5.23. The van der Waals surface area contributed by atoms with Crippen molar-refractivity contribution in [3.8, 4) is 0 Å². The van der Waals surface area contributed by atoms with Crippen LogP contribution in [0.2, 0.25) is 10.0 Å². The SMILES string of the molecule is Fc1cc(Cl)cnc1N1CCN(c2n[nH]c3cncc(Cl)c23)C2(CC2)C1. The Morgan fingerprint density at radius 2 is 1.96 bits per heavy atom. The molecule has 0 atom stereocenters. The lowest BCUT2D eigenvalue weighted by Gasteiger charge is -2.43. The molecule has 3 aromatic rings. The van der Waals surface area contributed by atoms with Gasteiger partial charge in [0.1, 0.15) is 0 Å². The number of hydrogen-bond acceptors (Lipinski definition) is 5. The predicted molar refractivity (Wildman–Crippen MR) is 99.6 cm³/mol. The molecular weight excluding hydrogens is 378 g/mol. The standard InChI is InChI=1S/C17H15Cl2FN6/c18-10-5-12(20)15(22-6-10)25-3-4-26(17(9-25)1-2-17)16-14-11(19)7-21-8-13(14)23-24-16/h5-8H,1-4,9H2,(H,23,24). The lowest BCUT2D eigenvalue weighted by atomic mass is 10.1. The van der Waals surface area contributed by atoms with E-state index < -0.39 is 0 Å². The summed E-state index contributed by atoms with van der Waals surface area (Å²) in [5, 5.41) is 9.27. The summed E-state index contributed by atoms with van der Waals surface area (Å²) in [5.74, 6) is 0.810. The first-order chi connectivity index (χ1) is 12.6. The summed E-state index contributed by atoms with van der Waals surface area (Å²) in [5.41, 5.74) is 0.747. The van der Waals surface area contributed by atoms with Gasteiger partial charge in [0, 0.05) is 32.0 Å². The monoisotopic (exact) mass is 392 g/mol. The summed E-state index contributed by atoms with van der Waals surface area (Å²) < 4.78 is 14.3. The minimum atomic E-state index is -0.388. The molecule has 1 saturated heterocycles.